The number of oxime groups is 1. The van der Waals surface area contributed by atoms with E-state index >= 15 is 0 Å². The number of hydrogen-bond acceptors (Lipinski definition) is 3. The Morgan fingerprint density at radius 3 is 3.09 bits per heavy atom. The fourth-order valence-corrected chi connectivity index (χ4v) is 1.39. The fraction of sp³-hybridized carbons (Fsp3) is 0.875. The molecule has 64 valence electrons. The molecule has 1 saturated heterocycles. The van der Waals surface area contributed by atoms with Crippen LogP contribution in [0.15, 0.2) is 5.16 Å². The van der Waals surface area contributed by atoms with Crippen LogP contribution in [-0.2, 0) is 4.84 Å². The minimum atomic E-state index is 0.684. The number of nitrogens with zero attached hydrogens (tertiary/aromatic N) is 2. The smallest absolute Gasteiger partial charge is 0.121 e. The molecule has 1 fully saturated rings. The van der Waals surface area contributed by atoms with E-state index in [2.05, 4.69) is 17.1 Å². The van der Waals surface area contributed by atoms with E-state index in [1.807, 2.05) is 6.92 Å². The van der Waals surface area contributed by atoms with E-state index < -0.39 is 0 Å². The Kier molecular flexibility index (Phi) is 3.36. The summed E-state index contributed by atoms with van der Waals surface area (Å²) in [5.74, 6) is 0.684. The van der Waals surface area contributed by atoms with Crippen LogP contribution in [-0.4, -0.2) is 37.9 Å². The minimum Gasteiger partial charge on any atom is -0.396 e. The molecule has 0 aromatic carbocycles. The van der Waals surface area contributed by atoms with Crippen LogP contribution < -0.4 is 0 Å². The van der Waals surface area contributed by atoms with Gasteiger partial charge >= 0.3 is 0 Å². The van der Waals surface area contributed by atoms with Crippen LogP contribution in [0.25, 0.3) is 0 Å². The fourth-order valence-electron chi connectivity index (χ4n) is 1.39. The van der Waals surface area contributed by atoms with Crippen LogP contribution in [0, 0.1) is 5.92 Å². The predicted molar refractivity (Wildman–Crippen MR) is 45.7 cm³/mol. The van der Waals surface area contributed by atoms with Gasteiger partial charge in [0.15, 0.2) is 0 Å². The maximum Gasteiger partial charge on any atom is 0.121 e. The summed E-state index contributed by atoms with van der Waals surface area (Å²) in [6.45, 7) is 4.98. The van der Waals surface area contributed by atoms with Gasteiger partial charge in [-0.05, 0) is 26.9 Å². The zero-order chi connectivity index (χ0) is 8.10. The first-order valence-electron chi connectivity index (χ1n) is 4.11. The second-order valence-electron chi connectivity index (χ2n) is 3.08. The van der Waals surface area contributed by atoms with E-state index in [1.54, 1.807) is 6.21 Å². The molecule has 1 heterocycles. The average Bonchev–Trinajstić information content (AvgIpc) is 2.37. The molecule has 0 aliphatic carbocycles. The van der Waals surface area contributed by atoms with E-state index in [-0.39, 0.29) is 0 Å². The molecule has 0 saturated carbocycles. The Hall–Kier alpha value is -0.570. The van der Waals surface area contributed by atoms with Gasteiger partial charge in [0.1, 0.15) is 6.61 Å². The summed E-state index contributed by atoms with van der Waals surface area (Å²) in [5.41, 5.74) is 0. The minimum absolute atomic E-state index is 0.684. The molecule has 1 aliphatic heterocycles. The van der Waals surface area contributed by atoms with Crippen LogP contribution >= 0.6 is 0 Å². The molecule has 1 atom stereocenters. The van der Waals surface area contributed by atoms with E-state index in [0.29, 0.717) is 5.92 Å². The summed E-state index contributed by atoms with van der Waals surface area (Å²) < 4.78 is 0. The molecule has 0 bridgehead atoms. The van der Waals surface area contributed by atoms with Crippen molar-refractivity contribution in [2.75, 3.05) is 26.7 Å². The van der Waals surface area contributed by atoms with Gasteiger partial charge in [-0.1, -0.05) is 5.16 Å². The second-order valence-corrected chi connectivity index (χ2v) is 3.08. The highest BCUT2D eigenvalue weighted by molar-refractivity contribution is 5.52. The van der Waals surface area contributed by atoms with Crippen molar-refractivity contribution in [2.45, 2.75) is 13.3 Å². The first-order valence-corrected chi connectivity index (χ1v) is 4.11. The van der Waals surface area contributed by atoms with Crippen LogP contribution in [0.3, 0.4) is 0 Å². The molecule has 0 spiro atoms. The largest absolute Gasteiger partial charge is 0.396 e. The van der Waals surface area contributed by atoms with Gasteiger partial charge in [0.05, 0.1) is 0 Å². The predicted octanol–water partition coefficient (Wildman–Crippen LogP) is 0.960. The molecule has 11 heavy (non-hydrogen) atoms. The molecule has 1 unspecified atom stereocenters. The Bertz CT molecular complexity index is 136. The highest BCUT2D eigenvalue weighted by Gasteiger charge is 2.19. The van der Waals surface area contributed by atoms with Gasteiger partial charge in [-0.25, -0.2) is 0 Å². The van der Waals surface area contributed by atoms with Gasteiger partial charge in [0.2, 0.25) is 0 Å². The number of likely N-dealkylation sites (tertiary alicyclic amines) is 1. The van der Waals surface area contributed by atoms with Crippen molar-refractivity contribution in [3.05, 3.63) is 0 Å². The topological polar surface area (TPSA) is 24.8 Å². The van der Waals surface area contributed by atoms with Crippen LogP contribution in [0.1, 0.15) is 13.3 Å². The Labute approximate surface area is 68.0 Å². The zero-order valence-corrected chi connectivity index (χ0v) is 7.29. The van der Waals surface area contributed by atoms with Crippen LogP contribution in [0.4, 0.5) is 0 Å². The maximum absolute atomic E-state index is 5.06. The van der Waals surface area contributed by atoms with Crippen molar-refractivity contribution in [3.63, 3.8) is 0 Å². The van der Waals surface area contributed by atoms with Gasteiger partial charge in [-0.15, -0.1) is 0 Å². The lowest BCUT2D eigenvalue weighted by atomic mass is 10.1. The maximum atomic E-state index is 5.06. The van der Waals surface area contributed by atoms with E-state index in [1.165, 1.54) is 13.0 Å². The van der Waals surface area contributed by atoms with Crippen LogP contribution in [0.2, 0.25) is 0 Å². The highest BCUT2D eigenvalue weighted by Crippen LogP contribution is 2.13. The van der Waals surface area contributed by atoms with E-state index in [9.17, 15) is 0 Å². The third-order valence-electron chi connectivity index (χ3n) is 1.98. The lowest BCUT2D eigenvalue weighted by molar-refractivity contribution is 0.111. The lowest BCUT2D eigenvalue weighted by Crippen LogP contribution is -2.16. The molecule has 1 aliphatic rings. The molecular formula is C8H16N2O. The molecule has 3 heteroatoms. The summed E-state index contributed by atoms with van der Waals surface area (Å²) in [7, 11) is 2.14. The van der Waals surface area contributed by atoms with Crippen LogP contribution in [0.5, 0.6) is 0 Å². The summed E-state index contributed by atoms with van der Waals surface area (Å²) in [6.07, 6.45) is 2.92. The standard InChI is InChI=1S/C8H16N2O/c1-3-9-11-7-8-4-5-10(2)6-8/h3,8H,4-7H2,1-2H3/b9-3+. The van der Waals surface area contributed by atoms with Crippen molar-refractivity contribution in [1.29, 1.82) is 0 Å². The van der Waals surface area contributed by atoms with Crippen molar-refractivity contribution in [2.24, 2.45) is 11.1 Å². The molecule has 0 amide bonds. The quantitative estimate of drug-likeness (QED) is 0.449. The van der Waals surface area contributed by atoms with Gasteiger partial charge in [-0.3, -0.25) is 0 Å². The van der Waals surface area contributed by atoms with Crippen molar-refractivity contribution in [3.8, 4) is 0 Å². The van der Waals surface area contributed by atoms with Crippen molar-refractivity contribution < 1.29 is 4.84 Å². The second kappa shape index (κ2) is 4.34. The Balaban J connectivity index is 2.08. The third kappa shape index (κ3) is 2.89. The Morgan fingerprint density at radius 1 is 1.73 bits per heavy atom. The van der Waals surface area contributed by atoms with Gasteiger partial charge in [0.25, 0.3) is 0 Å². The molecule has 0 aromatic rings. The normalized spacial score (nSPS) is 26.5. The molecule has 0 aromatic heterocycles. The Morgan fingerprint density at radius 2 is 2.55 bits per heavy atom. The molecule has 3 nitrogen and oxygen atoms in total. The SMILES string of the molecule is C/C=N/OCC1CCN(C)C1. The zero-order valence-electron chi connectivity index (χ0n) is 7.29. The van der Waals surface area contributed by atoms with Crippen molar-refractivity contribution in [1.82, 2.24) is 4.90 Å². The molecular weight excluding hydrogens is 140 g/mol. The third-order valence-corrected chi connectivity index (χ3v) is 1.98. The number of hydrogen-bond donors (Lipinski definition) is 0. The summed E-state index contributed by atoms with van der Waals surface area (Å²) in [6, 6.07) is 0. The molecule has 1 rings (SSSR count). The summed E-state index contributed by atoms with van der Waals surface area (Å²) in [5, 5.41) is 3.72. The molecule has 0 N–H and O–H groups in total. The highest BCUT2D eigenvalue weighted by atomic mass is 16.6. The summed E-state index contributed by atoms with van der Waals surface area (Å²) >= 11 is 0. The lowest BCUT2D eigenvalue weighted by Gasteiger charge is -2.07. The monoisotopic (exact) mass is 156 g/mol. The average molecular weight is 156 g/mol. The first kappa shape index (κ1) is 8.53. The van der Waals surface area contributed by atoms with E-state index in [4.69, 9.17) is 4.84 Å². The van der Waals surface area contributed by atoms with E-state index in [0.717, 1.165) is 13.2 Å². The van der Waals surface area contributed by atoms with Crippen molar-refractivity contribution >= 4 is 6.21 Å². The molecule has 0 radical (unpaired) electrons. The van der Waals surface area contributed by atoms with Gasteiger partial charge in [-0.2, -0.15) is 0 Å². The summed E-state index contributed by atoms with van der Waals surface area (Å²) in [4.78, 5) is 7.38. The van der Waals surface area contributed by atoms with Gasteiger partial charge < -0.3 is 9.74 Å². The van der Waals surface area contributed by atoms with Gasteiger partial charge in [0, 0.05) is 18.7 Å². The first-order chi connectivity index (χ1) is 5.33. The number of rotatable bonds is 3.